The maximum Gasteiger partial charge on any atom is 0.341 e. The molecule has 2 aromatic rings. The first-order valence-electron chi connectivity index (χ1n) is 9.52. The molecule has 0 radical (unpaired) electrons. The summed E-state index contributed by atoms with van der Waals surface area (Å²) in [5.41, 5.74) is 5.74. The predicted octanol–water partition coefficient (Wildman–Crippen LogP) is 2.36. The number of methoxy groups -OCH3 is 1. The summed E-state index contributed by atoms with van der Waals surface area (Å²) in [4.78, 5) is 26.1. The van der Waals surface area contributed by atoms with Crippen molar-refractivity contribution < 1.29 is 19.0 Å². The molecule has 7 nitrogen and oxygen atoms in total. The Hall–Kier alpha value is -2.61. The molecule has 150 valence electrons. The summed E-state index contributed by atoms with van der Waals surface area (Å²) in [6.45, 7) is 3.20. The Bertz CT molecular complexity index is 1010. The van der Waals surface area contributed by atoms with E-state index in [1.807, 2.05) is 11.8 Å². The quantitative estimate of drug-likeness (QED) is 0.815. The molecule has 1 aliphatic carbocycles. The second-order valence-electron chi connectivity index (χ2n) is 7.81. The van der Waals surface area contributed by atoms with Gasteiger partial charge in [0.15, 0.2) is 11.6 Å². The average molecular weight is 389 g/mol. The minimum absolute atomic E-state index is 0.00211. The first kappa shape index (κ1) is 18.7. The van der Waals surface area contributed by atoms with E-state index in [0.717, 1.165) is 25.3 Å². The highest BCUT2D eigenvalue weighted by atomic mass is 19.1. The van der Waals surface area contributed by atoms with Crippen LogP contribution in [0.4, 0.5) is 10.1 Å². The van der Waals surface area contributed by atoms with Crippen LogP contribution in [0.2, 0.25) is 0 Å². The van der Waals surface area contributed by atoms with Gasteiger partial charge in [0.1, 0.15) is 11.3 Å². The molecule has 1 aromatic carbocycles. The van der Waals surface area contributed by atoms with E-state index in [2.05, 4.69) is 0 Å². The number of aromatic nitrogens is 1. The third-order valence-electron chi connectivity index (χ3n) is 5.86. The molecule has 2 aliphatic rings. The fourth-order valence-corrected chi connectivity index (χ4v) is 4.14. The highest BCUT2D eigenvalue weighted by Crippen LogP contribution is 2.44. The Labute approximate surface area is 161 Å². The van der Waals surface area contributed by atoms with Crippen molar-refractivity contribution in [1.29, 1.82) is 0 Å². The van der Waals surface area contributed by atoms with Crippen LogP contribution in [0.3, 0.4) is 0 Å². The average Bonchev–Trinajstić information content (AvgIpc) is 3.37. The molecule has 4 rings (SSSR count). The number of hydrogen-bond acceptors (Lipinski definition) is 5. The van der Waals surface area contributed by atoms with Gasteiger partial charge in [0.25, 0.3) is 0 Å². The lowest BCUT2D eigenvalue weighted by atomic mass is 10.0. The van der Waals surface area contributed by atoms with Crippen molar-refractivity contribution in [1.82, 2.24) is 4.57 Å². The van der Waals surface area contributed by atoms with E-state index in [0.29, 0.717) is 24.3 Å². The van der Waals surface area contributed by atoms with Gasteiger partial charge in [-0.05, 0) is 38.2 Å². The van der Waals surface area contributed by atoms with E-state index in [4.69, 9.17) is 10.5 Å². The number of carboxylic acids is 1. The van der Waals surface area contributed by atoms with Crippen LogP contribution >= 0.6 is 0 Å². The van der Waals surface area contributed by atoms with Crippen LogP contribution in [-0.2, 0) is 0 Å². The molecule has 8 heteroatoms. The van der Waals surface area contributed by atoms with Crippen molar-refractivity contribution >= 4 is 22.6 Å². The van der Waals surface area contributed by atoms with Crippen molar-refractivity contribution in [2.24, 2.45) is 11.7 Å². The lowest BCUT2D eigenvalue weighted by molar-refractivity contribution is 0.0695. The number of benzene rings is 1. The molecule has 0 bridgehead atoms. The fourth-order valence-electron chi connectivity index (χ4n) is 4.14. The minimum atomic E-state index is -1.32. The molecule has 2 atom stereocenters. The van der Waals surface area contributed by atoms with E-state index in [1.165, 1.54) is 13.3 Å². The Kier molecular flexibility index (Phi) is 4.53. The van der Waals surface area contributed by atoms with Crippen LogP contribution in [-0.4, -0.2) is 41.9 Å². The number of anilines is 1. The SMILES string of the molecule is COc1c(N2CC[C@@H]([C@@H](C)N)C2)c(F)cc2c(=O)c(C(=O)O)cn(C3CC3)c12. The number of nitrogens with two attached hydrogens (primary N) is 1. The molecule has 1 saturated carbocycles. The zero-order chi connectivity index (χ0) is 20.2. The molecule has 2 fully saturated rings. The van der Waals surface area contributed by atoms with Gasteiger partial charge in [0.05, 0.1) is 18.0 Å². The zero-order valence-electron chi connectivity index (χ0n) is 15.9. The summed E-state index contributed by atoms with van der Waals surface area (Å²) in [5.74, 6) is -1.37. The topological polar surface area (TPSA) is 97.8 Å². The number of pyridine rings is 1. The second kappa shape index (κ2) is 6.77. The van der Waals surface area contributed by atoms with E-state index in [9.17, 15) is 14.7 Å². The van der Waals surface area contributed by atoms with Gasteiger partial charge in [-0.25, -0.2) is 9.18 Å². The molecule has 28 heavy (non-hydrogen) atoms. The molecule has 1 aromatic heterocycles. The van der Waals surface area contributed by atoms with Gasteiger partial charge in [-0.3, -0.25) is 4.79 Å². The zero-order valence-corrected chi connectivity index (χ0v) is 15.9. The molecule has 2 heterocycles. The van der Waals surface area contributed by atoms with Crippen LogP contribution in [0, 0.1) is 11.7 Å². The summed E-state index contributed by atoms with van der Waals surface area (Å²) >= 11 is 0. The van der Waals surface area contributed by atoms with Gasteiger partial charge >= 0.3 is 5.97 Å². The van der Waals surface area contributed by atoms with Crippen LogP contribution in [0.5, 0.6) is 5.75 Å². The second-order valence-corrected chi connectivity index (χ2v) is 7.81. The summed E-state index contributed by atoms with van der Waals surface area (Å²) in [6, 6.07) is 1.24. The van der Waals surface area contributed by atoms with Gasteiger partial charge < -0.3 is 25.0 Å². The van der Waals surface area contributed by atoms with Crippen LogP contribution < -0.4 is 20.8 Å². The molecule has 1 aliphatic heterocycles. The van der Waals surface area contributed by atoms with Gasteiger partial charge in [-0.1, -0.05) is 0 Å². The smallest absolute Gasteiger partial charge is 0.341 e. The highest BCUT2D eigenvalue weighted by molar-refractivity contribution is 5.97. The molecule has 1 saturated heterocycles. The first-order valence-corrected chi connectivity index (χ1v) is 9.52. The van der Waals surface area contributed by atoms with Crippen molar-refractivity contribution in [3.8, 4) is 5.75 Å². The van der Waals surface area contributed by atoms with Crippen molar-refractivity contribution in [3.63, 3.8) is 0 Å². The van der Waals surface area contributed by atoms with Crippen LogP contribution in [0.25, 0.3) is 10.9 Å². The maximum atomic E-state index is 15.2. The number of carboxylic acid groups (broad SMARTS) is 1. The van der Waals surface area contributed by atoms with Crippen molar-refractivity contribution in [2.45, 2.75) is 38.3 Å². The van der Waals surface area contributed by atoms with Gasteiger partial charge in [-0.2, -0.15) is 0 Å². The third kappa shape index (κ3) is 2.92. The van der Waals surface area contributed by atoms with Crippen LogP contribution in [0.1, 0.15) is 42.6 Å². The van der Waals surface area contributed by atoms with Gasteiger partial charge in [0, 0.05) is 31.4 Å². The Balaban J connectivity index is 1.97. The molecular formula is C20H24FN3O4. The Morgan fingerprint density at radius 1 is 1.39 bits per heavy atom. The summed E-state index contributed by atoms with van der Waals surface area (Å²) in [5, 5.41) is 9.43. The Morgan fingerprint density at radius 3 is 2.64 bits per heavy atom. The van der Waals surface area contributed by atoms with E-state index in [-0.39, 0.29) is 34.7 Å². The molecule has 0 unspecified atom stereocenters. The van der Waals surface area contributed by atoms with Crippen LogP contribution in [0.15, 0.2) is 17.1 Å². The normalized spacial score (nSPS) is 20.6. The monoisotopic (exact) mass is 389 g/mol. The van der Waals surface area contributed by atoms with Crippen molar-refractivity contribution in [2.75, 3.05) is 25.1 Å². The lowest BCUT2D eigenvalue weighted by Gasteiger charge is -2.25. The van der Waals surface area contributed by atoms with E-state index in [1.54, 1.807) is 4.57 Å². The largest absolute Gasteiger partial charge is 0.492 e. The number of ether oxygens (including phenoxy) is 1. The lowest BCUT2D eigenvalue weighted by Crippen LogP contribution is -2.30. The molecule has 0 spiro atoms. The number of hydrogen-bond donors (Lipinski definition) is 2. The number of fused-ring (bicyclic) bond motifs is 1. The minimum Gasteiger partial charge on any atom is -0.492 e. The van der Waals surface area contributed by atoms with Gasteiger partial charge in [-0.15, -0.1) is 0 Å². The molecule has 0 amide bonds. The first-order chi connectivity index (χ1) is 13.3. The maximum absolute atomic E-state index is 15.2. The fraction of sp³-hybridized carbons (Fsp3) is 0.500. The summed E-state index contributed by atoms with van der Waals surface area (Å²) in [6.07, 6.45) is 3.97. The number of carbonyl (C=O) groups is 1. The summed E-state index contributed by atoms with van der Waals surface area (Å²) < 4.78 is 22.5. The summed E-state index contributed by atoms with van der Waals surface area (Å²) in [7, 11) is 1.45. The highest BCUT2D eigenvalue weighted by Gasteiger charge is 2.33. The van der Waals surface area contributed by atoms with Gasteiger partial charge in [0.2, 0.25) is 5.43 Å². The number of halogens is 1. The number of nitrogens with zero attached hydrogens (tertiary/aromatic N) is 2. The standard InChI is InChI=1S/C20H24FN3O4/c1-10(22)11-5-6-23(8-11)17-15(21)7-13-16(19(17)28-2)24(12-3-4-12)9-14(18(13)25)20(26)27/h7,9-12H,3-6,8,22H2,1-2H3,(H,26,27)/t10-,11-/m1/s1. The van der Waals surface area contributed by atoms with E-state index < -0.39 is 17.2 Å². The van der Waals surface area contributed by atoms with Crippen molar-refractivity contribution in [3.05, 3.63) is 33.9 Å². The Morgan fingerprint density at radius 2 is 2.11 bits per heavy atom. The number of rotatable bonds is 5. The molecule has 3 N–H and O–H groups in total. The number of aromatic carboxylic acids is 1. The van der Waals surface area contributed by atoms with E-state index >= 15 is 4.39 Å². The third-order valence-corrected chi connectivity index (χ3v) is 5.86. The predicted molar refractivity (Wildman–Crippen MR) is 104 cm³/mol. The molecular weight excluding hydrogens is 365 g/mol.